The highest BCUT2D eigenvalue weighted by Gasteiger charge is 2.19. The Morgan fingerprint density at radius 1 is 1.70 bits per heavy atom. The maximum Gasteiger partial charge on any atom is 0.504 e. The Kier molecular flexibility index (Phi) is 2.26. The lowest BCUT2D eigenvalue weighted by Crippen LogP contribution is -2.28. The maximum atomic E-state index is 8.67. The number of nitrogens with zero attached hydrogens (tertiary/aromatic N) is 1. The van der Waals surface area contributed by atoms with Crippen LogP contribution in [0.5, 0.6) is 5.88 Å². The van der Waals surface area contributed by atoms with Gasteiger partial charge in [-0.2, -0.15) is 0 Å². The van der Waals surface area contributed by atoms with Crippen molar-refractivity contribution in [2.75, 3.05) is 7.11 Å². The van der Waals surface area contributed by atoms with Crippen LogP contribution in [-0.2, 0) is 0 Å². The van der Waals surface area contributed by atoms with Gasteiger partial charge >= 0.3 is 7.12 Å². The van der Waals surface area contributed by atoms with Crippen LogP contribution in [0.4, 0.5) is 0 Å². The van der Waals surface area contributed by atoms with Crippen molar-refractivity contribution in [2.45, 2.75) is 0 Å². The fourth-order valence-electron chi connectivity index (χ4n) is 0.570. The van der Waals surface area contributed by atoms with Gasteiger partial charge in [0, 0.05) is 0 Å². The van der Waals surface area contributed by atoms with Gasteiger partial charge in [0.25, 0.3) is 0 Å². The summed E-state index contributed by atoms with van der Waals surface area (Å²) in [5, 5.41) is 17.3. The topological polar surface area (TPSA) is 62.6 Å². The van der Waals surface area contributed by atoms with Crippen LogP contribution in [0.25, 0.3) is 0 Å². The number of hydrogen-bond acceptors (Lipinski definition) is 5. The zero-order valence-corrected chi connectivity index (χ0v) is 6.13. The summed E-state index contributed by atoms with van der Waals surface area (Å²) in [5.74, 6) is 0.278. The van der Waals surface area contributed by atoms with Gasteiger partial charge in [0.1, 0.15) is 0 Å². The van der Waals surface area contributed by atoms with Crippen LogP contribution in [0.3, 0.4) is 0 Å². The standard InChI is InChI=1S/C4H6BNO3S/c1-9-4-3(5(7)8)10-2-6-4/h2,7-8H,1H3. The average Bonchev–Trinajstić information content (AvgIpc) is 2.33. The van der Waals surface area contributed by atoms with Crippen molar-refractivity contribution in [3.05, 3.63) is 5.51 Å². The molecule has 0 spiro atoms. The second-order valence-corrected chi connectivity index (χ2v) is 2.49. The lowest BCUT2D eigenvalue weighted by molar-refractivity contribution is 0.394. The van der Waals surface area contributed by atoms with Gasteiger partial charge in [0.2, 0.25) is 5.88 Å². The number of rotatable bonds is 2. The molecule has 4 nitrogen and oxygen atoms in total. The van der Waals surface area contributed by atoms with Crippen molar-refractivity contribution >= 4 is 23.2 Å². The van der Waals surface area contributed by atoms with Crippen molar-refractivity contribution in [3.63, 3.8) is 0 Å². The summed E-state index contributed by atoms with van der Waals surface area (Å²) in [6.45, 7) is 0. The Bertz CT molecular complexity index is 214. The Morgan fingerprint density at radius 2 is 2.40 bits per heavy atom. The van der Waals surface area contributed by atoms with Gasteiger partial charge in [-0.25, -0.2) is 4.98 Å². The third-order valence-corrected chi connectivity index (χ3v) is 1.84. The third-order valence-electron chi connectivity index (χ3n) is 0.988. The van der Waals surface area contributed by atoms with E-state index in [-0.39, 0.29) is 5.88 Å². The average molecular weight is 159 g/mol. The fraction of sp³-hybridized carbons (Fsp3) is 0.250. The quantitative estimate of drug-likeness (QED) is 0.533. The first-order valence-corrected chi connectivity index (χ1v) is 3.47. The van der Waals surface area contributed by atoms with E-state index in [0.717, 1.165) is 11.3 Å². The molecule has 2 N–H and O–H groups in total. The van der Waals surface area contributed by atoms with Crippen LogP contribution in [-0.4, -0.2) is 29.3 Å². The van der Waals surface area contributed by atoms with E-state index in [4.69, 9.17) is 14.8 Å². The highest BCUT2D eigenvalue weighted by atomic mass is 32.1. The SMILES string of the molecule is COc1ncsc1B(O)O. The summed E-state index contributed by atoms with van der Waals surface area (Å²) in [7, 11) is -0.0524. The van der Waals surface area contributed by atoms with Crippen molar-refractivity contribution in [1.82, 2.24) is 4.98 Å². The molecule has 54 valence electrons. The first-order chi connectivity index (χ1) is 4.75. The van der Waals surface area contributed by atoms with E-state index >= 15 is 0 Å². The van der Waals surface area contributed by atoms with Crippen LogP contribution in [0.1, 0.15) is 0 Å². The van der Waals surface area contributed by atoms with E-state index < -0.39 is 7.12 Å². The smallest absolute Gasteiger partial charge is 0.481 e. The van der Waals surface area contributed by atoms with Gasteiger partial charge < -0.3 is 14.8 Å². The molecule has 0 aliphatic rings. The zero-order valence-electron chi connectivity index (χ0n) is 5.31. The van der Waals surface area contributed by atoms with Gasteiger partial charge in [-0.1, -0.05) is 0 Å². The van der Waals surface area contributed by atoms with Gasteiger partial charge in [-0.15, -0.1) is 11.3 Å². The summed E-state index contributed by atoms with van der Waals surface area (Å²) in [5.41, 5.74) is 1.49. The number of ether oxygens (including phenoxy) is 1. The molecule has 1 aromatic rings. The minimum atomic E-state index is -1.48. The minimum Gasteiger partial charge on any atom is -0.481 e. The predicted octanol–water partition coefficient (Wildman–Crippen LogP) is -1.17. The fourth-order valence-corrected chi connectivity index (χ4v) is 1.19. The molecule has 1 rings (SSSR count). The first-order valence-electron chi connectivity index (χ1n) is 2.59. The Hall–Kier alpha value is -0.585. The highest BCUT2D eigenvalue weighted by Crippen LogP contribution is 2.06. The molecule has 0 saturated carbocycles. The molecule has 0 aliphatic heterocycles. The van der Waals surface area contributed by atoms with Crippen molar-refractivity contribution in [3.8, 4) is 5.88 Å². The molecule has 10 heavy (non-hydrogen) atoms. The Morgan fingerprint density at radius 3 is 2.80 bits per heavy atom. The van der Waals surface area contributed by atoms with Crippen LogP contribution in [0, 0.1) is 0 Å². The number of hydrogen-bond donors (Lipinski definition) is 2. The molecule has 0 aliphatic carbocycles. The van der Waals surface area contributed by atoms with Crippen LogP contribution < -0.4 is 9.51 Å². The van der Waals surface area contributed by atoms with Crippen molar-refractivity contribution in [1.29, 1.82) is 0 Å². The van der Waals surface area contributed by atoms with Gasteiger partial charge in [-0.05, 0) is 0 Å². The van der Waals surface area contributed by atoms with E-state index in [0.29, 0.717) is 4.78 Å². The molecule has 0 amide bonds. The highest BCUT2D eigenvalue weighted by molar-refractivity contribution is 7.20. The van der Waals surface area contributed by atoms with Gasteiger partial charge in [0.05, 0.1) is 17.4 Å². The second-order valence-electron chi connectivity index (χ2n) is 1.60. The third kappa shape index (κ3) is 1.28. The van der Waals surface area contributed by atoms with Crippen LogP contribution in [0.15, 0.2) is 5.51 Å². The van der Waals surface area contributed by atoms with Gasteiger partial charge in [0.15, 0.2) is 0 Å². The van der Waals surface area contributed by atoms with E-state index in [1.807, 2.05) is 0 Å². The number of thiazole rings is 1. The van der Waals surface area contributed by atoms with E-state index in [9.17, 15) is 0 Å². The van der Waals surface area contributed by atoms with Crippen molar-refractivity contribution < 1.29 is 14.8 Å². The first kappa shape index (κ1) is 7.52. The van der Waals surface area contributed by atoms with E-state index in [1.54, 1.807) is 0 Å². The molecular formula is C4H6BNO3S. The molecule has 0 aromatic carbocycles. The summed E-state index contributed by atoms with van der Waals surface area (Å²) in [6, 6.07) is 0. The summed E-state index contributed by atoms with van der Waals surface area (Å²) < 4.78 is 5.06. The largest absolute Gasteiger partial charge is 0.504 e. The Labute approximate surface area is 62.3 Å². The van der Waals surface area contributed by atoms with Crippen molar-refractivity contribution in [2.24, 2.45) is 0 Å². The Balaban J connectivity index is 2.90. The molecule has 1 heterocycles. The lowest BCUT2D eigenvalue weighted by atomic mass is 9.90. The molecule has 1 aromatic heterocycles. The molecular weight excluding hydrogens is 153 g/mol. The molecule has 0 fully saturated rings. The van der Waals surface area contributed by atoms with Crippen LogP contribution >= 0.6 is 11.3 Å². The summed E-state index contributed by atoms with van der Waals surface area (Å²) in [6.07, 6.45) is 0. The number of aromatic nitrogens is 1. The molecule has 0 radical (unpaired) electrons. The van der Waals surface area contributed by atoms with E-state index in [1.165, 1.54) is 12.6 Å². The summed E-state index contributed by atoms with van der Waals surface area (Å²) in [4.78, 5) is 3.73. The molecule has 0 saturated heterocycles. The van der Waals surface area contributed by atoms with Crippen LogP contribution in [0.2, 0.25) is 0 Å². The normalized spacial score (nSPS) is 9.50. The summed E-state index contributed by atoms with van der Waals surface area (Å²) >= 11 is 1.15. The predicted molar refractivity (Wildman–Crippen MR) is 38.5 cm³/mol. The van der Waals surface area contributed by atoms with E-state index in [2.05, 4.69) is 4.98 Å². The minimum absolute atomic E-state index is 0.278. The molecule has 6 heteroatoms. The molecule has 0 bridgehead atoms. The van der Waals surface area contributed by atoms with Gasteiger partial charge in [-0.3, -0.25) is 0 Å². The molecule has 0 unspecified atom stereocenters. The molecule has 0 atom stereocenters. The zero-order chi connectivity index (χ0) is 7.56. The lowest BCUT2D eigenvalue weighted by Gasteiger charge is -1.96. The monoisotopic (exact) mass is 159 g/mol. The maximum absolute atomic E-state index is 8.67. The number of methoxy groups -OCH3 is 1. The second kappa shape index (κ2) is 3.00.